The first-order chi connectivity index (χ1) is 13.4. The van der Waals surface area contributed by atoms with Crippen molar-refractivity contribution in [1.82, 2.24) is 9.62 Å². The number of carbonyl (C=O) groups is 2. The zero-order valence-electron chi connectivity index (χ0n) is 17.3. The van der Waals surface area contributed by atoms with E-state index >= 15 is 0 Å². The summed E-state index contributed by atoms with van der Waals surface area (Å²) in [7, 11) is -2.11. The molecule has 1 amide bonds. The maximum absolute atomic E-state index is 12.6. The van der Waals surface area contributed by atoms with Gasteiger partial charge in [0.25, 0.3) is 0 Å². The van der Waals surface area contributed by atoms with Gasteiger partial charge >= 0.3 is 12.1 Å². The van der Waals surface area contributed by atoms with Crippen molar-refractivity contribution in [3.05, 3.63) is 29.8 Å². The third-order valence-corrected chi connectivity index (χ3v) is 4.90. The van der Waals surface area contributed by atoms with Crippen LogP contribution >= 0.6 is 0 Å². The van der Waals surface area contributed by atoms with Crippen LogP contribution in [0.5, 0.6) is 5.75 Å². The fourth-order valence-electron chi connectivity index (χ4n) is 3.00. The lowest BCUT2D eigenvalue weighted by Crippen LogP contribution is -2.43. The third-order valence-electron chi connectivity index (χ3n) is 4.14. The zero-order chi connectivity index (χ0) is 21.8. The second-order valence-corrected chi connectivity index (χ2v) is 9.72. The van der Waals surface area contributed by atoms with E-state index in [0.717, 1.165) is 6.26 Å². The van der Waals surface area contributed by atoms with Crippen molar-refractivity contribution in [2.45, 2.75) is 44.9 Å². The van der Waals surface area contributed by atoms with Crippen molar-refractivity contribution in [2.24, 2.45) is 0 Å². The predicted octanol–water partition coefficient (Wildman–Crippen LogP) is 1.78. The molecular formula is C19H28N2O7S. The molecular weight excluding hydrogens is 400 g/mol. The minimum absolute atomic E-state index is 0.152. The Morgan fingerprint density at radius 1 is 1.21 bits per heavy atom. The summed E-state index contributed by atoms with van der Waals surface area (Å²) >= 11 is 0. The first-order valence-electron chi connectivity index (χ1n) is 9.16. The molecule has 162 valence electrons. The Labute approximate surface area is 171 Å². The number of esters is 1. The van der Waals surface area contributed by atoms with E-state index in [1.54, 1.807) is 45.0 Å². The first-order valence-corrected chi connectivity index (χ1v) is 11.0. The Hall–Kier alpha value is -2.33. The van der Waals surface area contributed by atoms with E-state index in [2.05, 4.69) is 9.46 Å². The Morgan fingerprint density at radius 3 is 2.34 bits per heavy atom. The van der Waals surface area contributed by atoms with Gasteiger partial charge in [-0.2, -0.15) is 0 Å². The number of benzene rings is 1. The lowest BCUT2D eigenvalue weighted by molar-refractivity contribution is 0.0185. The van der Waals surface area contributed by atoms with Crippen molar-refractivity contribution in [3.8, 4) is 5.75 Å². The van der Waals surface area contributed by atoms with E-state index in [0.29, 0.717) is 17.7 Å². The number of amides is 1. The lowest BCUT2D eigenvalue weighted by atomic mass is 10.2. The molecule has 0 spiro atoms. The number of nitrogens with one attached hydrogen (secondary N) is 1. The minimum Gasteiger partial charge on any atom is -0.491 e. The molecule has 0 saturated carbocycles. The highest BCUT2D eigenvalue weighted by Crippen LogP contribution is 2.23. The molecule has 9 nitrogen and oxygen atoms in total. The van der Waals surface area contributed by atoms with E-state index in [1.165, 1.54) is 12.0 Å². The second-order valence-electron chi connectivity index (χ2n) is 7.94. The summed E-state index contributed by atoms with van der Waals surface area (Å²) in [4.78, 5) is 25.5. The summed E-state index contributed by atoms with van der Waals surface area (Å²) < 4.78 is 41.6. The number of likely N-dealkylation sites (tertiary alicyclic amines) is 1. The normalized spacial score (nSPS) is 19.7. The molecule has 1 heterocycles. The van der Waals surface area contributed by atoms with Crippen LogP contribution in [0, 0.1) is 0 Å². The van der Waals surface area contributed by atoms with Gasteiger partial charge in [0.05, 0.1) is 25.0 Å². The molecule has 0 unspecified atom stereocenters. The second kappa shape index (κ2) is 9.00. The highest BCUT2D eigenvalue weighted by atomic mass is 32.2. The summed E-state index contributed by atoms with van der Waals surface area (Å²) in [5.41, 5.74) is -0.275. The van der Waals surface area contributed by atoms with Crippen molar-refractivity contribution in [2.75, 3.05) is 26.5 Å². The molecule has 10 heteroatoms. The fourth-order valence-corrected chi connectivity index (χ4v) is 3.78. The van der Waals surface area contributed by atoms with Crippen LogP contribution in [0.25, 0.3) is 0 Å². The Kier molecular flexibility index (Phi) is 7.12. The number of carbonyl (C=O) groups excluding carboxylic acids is 2. The van der Waals surface area contributed by atoms with Crippen LogP contribution in [0.1, 0.15) is 37.6 Å². The molecule has 2 rings (SSSR count). The molecule has 0 aliphatic carbocycles. The van der Waals surface area contributed by atoms with Gasteiger partial charge < -0.3 is 19.1 Å². The molecule has 2 atom stereocenters. The number of rotatable bonds is 6. The smallest absolute Gasteiger partial charge is 0.410 e. The van der Waals surface area contributed by atoms with Crippen LogP contribution in [0.2, 0.25) is 0 Å². The SMILES string of the molecule is COC(=O)c1ccc(OC[C@@H]2C[C@H](NS(C)(=O)=O)CN2C(=O)OC(C)(C)C)cc1. The van der Waals surface area contributed by atoms with Gasteiger partial charge in [-0.05, 0) is 51.5 Å². The lowest BCUT2D eigenvalue weighted by Gasteiger charge is -2.28. The largest absolute Gasteiger partial charge is 0.491 e. The Morgan fingerprint density at radius 2 is 1.83 bits per heavy atom. The van der Waals surface area contributed by atoms with Crippen LogP contribution in [0.15, 0.2) is 24.3 Å². The number of methoxy groups -OCH3 is 1. The van der Waals surface area contributed by atoms with E-state index in [-0.39, 0.29) is 19.2 Å². The summed E-state index contributed by atoms with van der Waals surface area (Å²) in [6.45, 7) is 5.64. The fraction of sp³-hybridized carbons (Fsp3) is 0.579. The average molecular weight is 429 g/mol. The van der Waals surface area contributed by atoms with E-state index in [1.807, 2.05) is 0 Å². The molecule has 1 fully saturated rings. The van der Waals surface area contributed by atoms with Gasteiger partial charge in [0.1, 0.15) is 18.0 Å². The average Bonchev–Trinajstić information content (AvgIpc) is 2.99. The van der Waals surface area contributed by atoms with Gasteiger partial charge in [-0.15, -0.1) is 0 Å². The third kappa shape index (κ3) is 7.21. The highest BCUT2D eigenvalue weighted by molar-refractivity contribution is 7.88. The molecule has 1 aromatic rings. The number of hydrogen-bond acceptors (Lipinski definition) is 7. The predicted molar refractivity (Wildman–Crippen MR) is 106 cm³/mol. The molecule has 1 aliphatic heterocycles. The van der Waals surface area contributed by atoms with Gasteiger partial charge in [-0.3, -0.25) is 0 Å². The molecule has 29 heavy (non-hydrogen) atoms. The van der Waals surface area contributed by atoms with Gasteiger partial charge in [0, 0.05) is 12.6 Å². The zero-order valence-corrected chi connectivity index (χ0v) is 18.1. The Balaban J connectivity index is 2.07. The summed E-state index contributed by atoms with van der Waals surface area (Å²) in [5.74, 6) is 0.0689. The standard InChI is InChI=1S/C19H28N2O7S/c1-19(2,3)28-18(23)21-11-14(20-29(5,24)25)10-15(21)12-27-16-8-6-13(7-9-16)17(22)26-4/h6-9,14-15,20H,10-12H2,1-5H3/t14-,15-/m0/s1. The van der Waals surface area contributed by atoms with Crippen LogP contribution in [-0.2, 0) is 19.5 Å². The topological polar surface area (TPSA) is 111 Å². The van der Waals surface area contributed by atoms with Crippen molar-refractivity contribution >= 4 is 22.1 Å². The molecule has 0 bridgehead atoms. The van der Waals surface area contributed by atoms with Crippen LogP contribution < -0.4 is 9.46 Å². The Bertz CT molecular complexity index is 831. The molecule has 1 saturated heterocycles. The molecule has 0 radical (unpaired) electrons. The first kappa shape index (κ1) is 23.0. The van der Waals surface area contributed by atoms with Crippen molar-refractivity contribution < 1.29 is 32.2 Å². The van der Waals surface area contributed by atoms with Gasteiger partial charge in [-0.1, -0.05) is 0 Å². The van der Waals surface area contributed by atoms with Crippen LogP contribution in [0.3, 0.4) is 0 Å². The molecule has 1 aliphatic rings. The summed E-state index contributed by atoms with van der Waals surface area (Å²) in [5, 5.41) is 0. The van der Waals surface area contributed by atoms with Gasteiger partial charge in [0.2, 0.25) is 10.0 Å². The number of ether oxygens (including phenoxy) is 3. The van der Waals surface area contributed by atoms with E-state index in [9.17, 15) is 18.0 Å². The van der Waals surface area contributed by atoms with E-state index in [4.69, 9.17) is 9.47 Å². The maximum Gasteiger partial charge on any atom is 0.410 e. The molecule has 1 aromatic carbocycles. The monoisotopic (exact) mass is 428 g/mol. The summed E-state index contributed by atoms with van der Waals surface area (Å²) in [6.07, 6.45) is 0.953. The summed E-state index contributed by atoms with van der Waals surface area (Å²) in [6, 6.07) is 5.62. The van der Waals surface area contributed by atoms with Gasteiger partial charge in [0.15, 0.2) is 0 Å². The number of hydrogen-bond donors (Lipinski definition) is 1. The number of sulfonamides is 1. The van der Waals surface area contributed by atoms with E-state index < -0.39 is 33.7 Å². The highest BCUT2D eigenvalue weighted by Gasteiger charge is 2.39. The molecule has 0 aromatic heterocycles. The molecule has 1 N–H and O–H groups in total. The maximum atomic E-state index is 12.6. The van der Waals surface area contributed by atoms with Crippen LogP contribution in [-0.4, -0.2) is 69.6 Å². The van der Waals surface area contributed by atoms with Crippen LogP contribution in [0.4, 0.5) is 4.79 Å². The van der Waals surface area contributed by atoms with Crippen molar-refractivity contribution in [1.29, 1.82) is 0 Å². The van der Waals surface area contributed by atoms with Gasteiger partial charge in [-0.25, -0.2) is 22.7 Å². The van der Waals surface area contributed by atoms with Crippen molar-refractivity contribution in [3.63, 3.8) is 0 Å². The minimum atomic E-state index is -3.41. The quantitative estimate of drug-likeness (QED) is 0.688. The number of nitrogens with zero attached hydrogens (tertiary/aromatic N) is 1.